The van der Waals surface area contributed by atoms with Crippen molar-refractivity contribution in [1.82, 2.24) is 15.5 Å². The molecule has 30 heavy (non-hydrogen) atoms. The summed E-state index contributed by atoms with van der Waals surface area (Å²) < 4.78 is 48.3. The smallest absolute Gasteiger partial charge is 0.401 e. The molecule has 1 fully saturated rings. The number of halogens is 3. The van der Waals surface area contributed by atoms with Crippen molar-refractivity contribution in [3.05, 3.63) is 23.8 Å². The lowest BCUT2D eigenvalue weighted by Gasteiger charge is -2.32. The molecule has 1 aromatic carbocycles. The van der Waals surface area contributed by atoms with Gasteiger partial charge >= 0.3 is 6.18 Å². The van der Waals surface area contributed by atoms with Gasteiger partial charge in [-0.15, -0.1) is 0 Å². The number of hydrogen-bond acceptors (Lipinski definition) is 4. The third kappa shape index (κ3) is 8.30. The molecule has 0 saturated carbocycles. The van der Waals surface area contributed by atoms with Gasteiger partial charge in [-0.2, -0.15) is 13.2 Å². The van der Waals surface area contributed by atoms with Gasteiger partial charge in [0.25, 0.3) is 0 Å². The molecule has 6 nitrogen and oxygen atoms in total. The van der Waals surface area contributed by atoms with Crippen LogP contribution < -0.4 is 20.1 Å². The maximum atomic E-state index is 12.5. The Morgan fingerprint density at radius 1 is 1.20 bits per heavy atom. The van der Waals surface area contributed by atoms with Crippen LogP contribution in [0.15, 0.2) is 23.2 Å². The van der Waals surface area contributed by atoms with E-state index < -0.39 is 12.7 Å². The molecule has 1 aromatic rings. The van der Waals surface area contributed by atoms with E-state index in [0.717, 1.165) is 31.4 Å². The highest BCUT2D eigenvalue weighted by atomic mass is 19.4. The maximum absolute atomic E-state index is 12.5. The van der Waals surface area contributed by atoms with Gasteiger partial charge in [0, 0.05) is 20.1 Å². The van der Waals surface area contributed by atoms with Crippen LogP contribution in [0.5, 0.6) is 11.5 Å². The molecule has 9 heteroatoms. The Labute approximate surface area is 176 Å². The number of alkyl halides is 3. The molecule has 1 aliphatic rings. The van der Waals surface area contributed by atoms with Crippen molar-refractivity contribution in [2.45, 2.75) is 38.9 Å². The van der Waals surface area contributed by atoms with Gasteiger partial charge in [0.05, 0.1) is 20.3 Å². The number of guanidine groups is 1. The number of likely N-dealkylation sites (tertiary alicyclic amines) is 1. The fourth-order valence-corrected chi connectivity index (χ4v) is 3.59. The number of rotatable bonds is 9. The van der Waals surface area contributed by atoms with Gasteiger partial charge in [-0.1, -0.05) is 6.07 Å². The summed E-state index contributed by atoms with van der Waals surface area (Å²) in [5.74, 6) is 2.54. The number of ether oxygens (including phenoxy) is 2. The van der Waals surface area contributed by atoms with Crippen LogP contribution in [0.1, 0.15) is 31.7 Å². The Balaban J connectivity index is 1.71. The van der Waals surface area contributed by atoms with Crippen LogP contribution in [0.25, 0.3) is 0 Å². The summed E-state index contributed by atoms with van der Waals surface area (Å²) in [6.45, 7) is 4.02. The summed E-state index contributed by atoms with van der Waals surface area (Å²) >= 11 is 0. The fraction of sp³-hybridized carbons (Fsp3) is 0.667. The third-order valence-electron chi connectivity index (χ3n) is 5.17. The number of piperidine rings is 1. The van der Waals surface area contributed by atoms with Gasteiger partial charge < -0.3 is 20.1 Å². The van der Waals surface area contributed by atoms with Crippen molar-refractivity contribution < 1.29 is 22.6 Å². The van der Waals surface area contributed by atoms with Crippen molar-refractivity contribution in [2.75, 3.05) is 46.9 Å². The molecule has 0 aliphatic carbocycles. The molecular formula is C21H33F3N4O2. The zero-order chi connectivity index (χ0) is 22.0. The molecular weight excluding hydrogens is 397 g/mol. The Bertz CT molecular complexity index is 675. The Morgan fingerprint density at radius 2 is 1.93 bits per heavy atom. The van der Waals surface area contributed by atoms with Gasteiger partial charge in [-0.05, 0) is 62.9 Å². The molecule has 2 N–H and O–H groups in total. The number of benzene rings is 1. The highest BCUT2D eigenvalue weighted by Crippen LogP contribution is 2.28. The normalized spacial score (nSPS) is 16.4. The van der Waals surface area contributed by atoms with Crippen LogP contribution >= 0.6 is 0 Å². The quantitative estimate of drug-likeness (QED) is 0.464. The maximum Gasteiger partial charge on any atom is 0.401 e. The molecule has 0 atom stereocenters. The van der Waals surface area contributed by atoms with E-state index in [1.54, 1.807) is 14.2 Å². The first-order valence-corrected chi connectivity index (χ1v) is 10.4. The van der Waals surface area contributed by atoms with E-state index in [4.69, 9.17) is 9.47 Å². The van der Waals surface area contributed by atoms with Crippen LogP contribution in [0.4, 0.5) is 13.2 Å². The molecule has 0 aromatic heterocycles. The minimum atomic E-state index is -4.11. The lowest BCUT2D eigenvalue weighted by Crippen LogP contribution is -2.41. The standard InChI is InChI=1S/C21H33F3N4O2/c1-4-30-19-13-17(5-6-18(19)29-3)14-27-20(25-2)26-10-7-16-8-11-28(12-9-16)15-21(22,23)24/h5-6,13,16H,4,7-12,14-15H2,1-3H3,(H2,25,26,27). The fourth-order valence-electron chi connectivity index (χ4n) is 3.59. The van der Waals surface area contributed by atoms with Gasteiger partial charge in [-0.3, -0.25) is 9.89 Å². The van der Waals surface area contributed by atoms with E-state index in [-0.39, 0.29) is 0 Å². The third-order valence-corrected chi connectivity index (χ3v) is 5.17. The minimum Gasteiger partial charge on any atom is -0.493 e. The van der Waals surface area contributed by atoms with Crippen molar-refractivity contribution in [2.24, 2.45) is 10.9 Å². The van der Waals surface area contributed by atoms with E-state index in [1.165, 1.54) is 4.90 Å². The molecule has 1 heterocycles. The summed E-state index contributed by atoms with van der Waals surface area (Å²) in [5.41, 5.74) is 1.04. The summed E-state index contributed by atoms with van der Waals surface area (Å²) in [4.78, 5) is 5.73. The first kappa shape index (κ1) is 24.1. The van der Waals surface area contributed by atoms with Gasteiger partial charge in [-0.25, -0.2) is 0 Å². The molecule has 1 saturated heterocycles. The number of nitrogens with one attached hydrogen (secondary N) is 2. The second-order valence-corrected chi connectivity index (χ2v) is 7.39. The molecule has 0 amide bonds. The van der Waals surface area contributed by atoms with E-state index in [1.807, 2.05) is 25.1 Å². The molecule has 0 bridgehead atoms. The number of aliphatic imine (C=N–C) groups is 1. The minimum absolute atomic E-state index is 0.440. The van der Waals surface area contributed by atoms with Crippen LogP contribution in [0.3, 0.4) is 0 Å². The van der Waals surface area contributed by atoms with Crippen LogP contribution in [0, 0.1) is 5.92 Å². The van der Waals surface area contributed by atoms with Crippen molar-refractivity contribution >= 4 is 5.96 Å². The summed E-state index contributed by atoms with van der Waals surface area (Å²) in [6, 6.07) is 5.79. The lowest BCUT2D eigenvalue weighted by atomic mass is 9.93. The molecule has 0 radical (unpaired) electrons. The lowest BCUT2D eigenvalue weighted by molar-refractivity contribution is -0.148. The number of hydrogen-bond donors (Lipinski definition) is 2. The highest BCUT2D eigenvalue weighted by Gasteiger charge is 2.32. The Kier molecular flexibility index (Phi) is 9.55. The first-order valence-electron chi connectivity index (χ1n) is 10.4. The summed E-state index contributed by atoms with van der Waals surface area (Å²) in [6.07, 6.45) is -1.59. The van der Waals surface area contributed by atoms with E-state index in [9.17, 15) is 13.2 Å². The van der Waals surface area contributed by atoms with Gasteiger partial charge in [0.1, 0.15) is 0 Å². The van der Waals surface area contributed by atoms with Gasteiger partial charge in [0.15, 0.2) is 17.5 Å². The van der Waals surface area contributed by atoms with Crippen LogP contribution in [-0.4, -0.2) is 64.0 Å². The SMILES string of the molecule is CCOc1cc(CNC(=NC)NCCC2CCN(CC(F)(F)F)CC2)ccc1OC. The van der Waals surface area contributed by atoms with Crippen LogP contribution in [-0.2, 0) is 6.54 Å². The number of methoxy groups -OCH3 is 1. The topological polar surface area (TPSA) is 58.1 Å². The van der Waals surface area contributed by atoms with E-state index >= 15 is 0 Å². The molecule has 170 valence electrons. The van der Waals surface area contributed by atoms with Crippen molar-refractivity contribution in [1.29, 1.82) is 0 Å². The van der Waals surface area contributed by atoms with Crippen LogP contribution in [0.2, 0.25) is 0 Å². The molecule has 0 spiro atoms. The van der Waals surface area contributed by atoms with Crippen molar-refractivity contribution in [3.63, 3.8) is 0 Å². The largest absolute Gasteiger partial charge is 0.493 e. The molecule has 1 aliphatic heterocycles. The van der Waals surface area contributed by atoms with E-state index in [2.05, 4.69) is 15.6 Å². The predicted molar refractivity (Wildman–Crippen MR) is 112 cm³/mol. The average Bonchev–Trinajstić information content (AvgIpc) is 2.71. The first-order chi connectivity index (χ1) is 14.3. The highest BCUT2D eigenvalue weighted by molar-refractivity contribution is 5.79. The van der Waals surface area contributed by atoms with Crippen molar-refractivity contribution in [3.8, 4) is 11.5 Å². The number of nitrogens with zero attached hydrogens (tertiary/aromatic N) is 2. The average molecular weight is 431 g/mol. The zero-order valence-corrected chi connectivity index (χ0v) is 18.0. The summed E-state index contributed by atoms with van der Waals surface area (Å²) in [7, 11) is 3.33. The van der Waals surface area contributed by atoms with Gasteiger partial charge in [0.2, 0.25) is 0 Å². The molecule has 0 unspecified atom stereocenters. The Morgan fingerprint density at radius 3 is 2.53 bits per heavy atom. The zero-order valence-electron chi connectivity index (χ0n) is 18.0. The summed E-state index contributed by atoms with van der Waals surface area (Å²) in [5, 5.41) is 6.56. The second kappa shape index (κ2) is 11.9. The monoisotopic (exact) mass is 430 g/mol. The predicted octanol–water partition coefficient (Wildman–Crippen LogP) is 3.42. The molecule has 2 rings (SSSR count). The Hall–Kier alpha value is -2.16. The second-order valence-electron chi connectivity index (χ2n) is 7.39. The van der Waals surface area contributed by atoms with E-state index in [0.29, 0.717) is 49.6 Å².